The van der Waals surface area contributed by atoms with Gasteiger partial charge in [0.05, 0.1) is 9.13 Å². The highest BCUT2D eigenvalue weighted by atomic mass is 127. The van der Waals surface area contributed by atoms with Crippen LogP contribution in [0.1, 0.15) is 10.4 Å². The minimum atomic E-state index is -2.13. The molecular formula is C7HF4IO. The van der Waals surface area contributed by atoms with Gasteiger partial charge < -0.3 is 0 Å². The molecule has 1 aromatic carbocycles. The molecule has 70 valence electrons. The van der Waals surface area contributed by atoms with Gasteiger partial charge in [-0.15, -0.1) is 0 Å². The molecule has 13 heavy (non-hydrogen) atoms. The molecule has 0 heterocycles. The molecule has 1 aromatic rings. The Balaban J connectivity index is 3.50. The number of carbonyl (C=O) groups is 1. The van der Waals surface area contributed by atoms with E-state index in [1.165, 1.54) is 0 Å². The van der Waals surface area contributed by atoms with E-state index < -0.39 is 32.6 Å². The van der Waals surface area contributed by atoms with Gasteiger partial charge in [0.25, 0.3) is 0 Å². The summed E-state index contributed by atoms with van der Waals surface area (Å²) in [4.78, 5) is 10.1. The average molecular weight is 304 g/mol. The number of hydrogen-bond donors (Lipinski definition) is 0. The van der Waals surface area contributed by atoms with E-state index in [0.29, 0.717) is 0 Å². The largest absolute Gasteiger partial charge is 0.335 e. The van der Waals surface area contributed by atoms with Gasteiger partial charge >= 0.3 is 6.04 Å². The molecule has 0 fully saturated rings. The van der Waals surface area contributed by atoms with Crippen LogP contribution in [0.4, 0.5) is 17.6 Å². The Morgan fingerprint density at radius 3 is 2.23 bits per heavy atom. The van der Waals surface area contributed by atoms with Gasteiger partial charge in [0, 0.05) is 0 Å². The fraction of sp³-hybridized carbons (Fsp3) is 0. The predicted molar refractivity (Wildman–Crippen MR) is 44.5 cm³/mol. The van der Waals surface area contributed by atoms with E-state index in [1.807, 2.05) is 0 Å². The van der Waals surface area contributed by atoms with Crippen LogP contribution >= 0.6 is 22.6 Å². The molecule has 0 unspecified atom stereocenters. The van der Waals surface area contributed by atoms with Gasteiger partial charge in [-0.2, -0.15) is 4.39 Å². The lowest BCUT2D eigenvalue weighted by Gasteiger charge is -2.01. The first-order valence-electron chi connectivity index (χ1n) is 2.98. The predicted octanol–water partition coefficient (Wildman–Crippen LogP) is 2.82. The first-order valence-corrected chi connectivity index (χ1v) is 4.06. The molecule has 0 N–H and O–H groups in total. The standard InChI is InChI=1S/C7HF4IO/c8-3-1-2(7(11)13)4(9)6(12)5(3)10/h1H. The number of benzene rings is 1. The van der Waals surface area contributed by atoms with Crippen molar-refractivity contribution in [2.45, 2.75) is 0 Å². The molecule has 6 heteroatoms. The first-order chi connectivity index (χ1) is 5.95. The van der Waals surface area contributed by atoms with Crippen LogP contribution in [0.5, 0.6) is 0 Å². The van der Waals surface area contributed by atoms with Gasteiger partial charge in [0.2, 0.25) is 0 Å². The van der Waals surface area contributed by atoms with Crippen molar-refractivity contribution in [1.82, 2.24) is 0 Å². The molecule has 0 aliphatic rings. The molecule has 0 aliphatic carbocycles. The topological polar surface area (TPSA) is 17.1 Å². The zero-order valence-corrected chi connectivity index (χ0v) is 8.03. The minimum absolute atomic E-state index is 0.190. The zero-order valence-electron chi connectivity index (χ0n) is 5.88. The Bertz CT molecular complexity index is 377. The number of carbonyl (C=O) groups excluding carboxylic acids is 1. The van der Waals surface area contributed by atoms with Gasteiger partial charge in [0.15, 0.2) is 17.5 Å². The molecule has 0 saturated carbocycles. The zero-order chi connectivity index (χ0) is 10.2. The molecule has 0 spiro atoms. The fourth-order valence-corrected chi connectivity index (χ4v) is 1.26. The van der Waals surface area contributed by atoms with Crippen molar-refractivity contribution in [2.24, 2.45) is 0 Å². The fourth-order valence-electron chi connectivity index (χ4n) is 0.716. The Morgan fingerprint density at radius 1 is 1.23 bits per heavy atom. The van der Waals surface area contributed by atoms with Crippen molar-refractivity contribution in [1.29, 1.82) is 0 Å². The van der Waals surface area contributed by atoms with E-state index in [0.717, 1.165) is 22.6 Å². The minimum Gasteiger partial charge on any atom is -0.255 e. The monoisotopic (exact) mass is 304 g/mol. The van der Waals surface area contributed by atoms with Crippen molar-refractivity contribution in [2.75, 3.05) is 0 Å². The Morgan fingerprint density at radius 2 is 1.77 bits per heavy atom. The van der Waals surface area contributed by atoms with Gasteiger partial charge in [-0.3, -0.25) is 4.79 Å². The lowest BCUT2D eigenvalue weighted by Crippen LogP contribution is -2.03. The summed E-state index contributed by atoms with van der Waals surface area (Å²) >= 11 is 1.14. The number of halogens is 5. The van der Waals surface area contributed by atoms with Crippen LogP contribution in [0.3, 0.4) is 0 Å². The van der Waals surface area contributed by atoms with Crippen LogP contribution in [0.15, 0.2) is 6.07 Å². The molecule has 0 bridgehead atoms. The third kappa shape index (κ3) is 1.82. The van der Waals surface area contributed by atoms with Crippen LogP contribution in [0.25, 0.3) is 0 Å². The summed E-state index contributed by atoms with van der Waals surface area (Å²) in [7, 11) is 0. The van der Waals surface area contributed by atoms with Crippen molar-refractivity contribution in [3.8, 4) is 0 Å². The van der Waals surface area contributed by atoms with E-state index in [4.69, 9.17) is 0 Å². The molecular weight excluding hydrogens is 303 g/mol. The van der Waals surface area contributed by atoms with E-state index >= 15 is 0 Å². The maximum absolute atomic E-state index is 12.8. The number of rotatable bonds is 1. The normalized spacial score (nSPS) is 10.2. The molecule has 0 aliphatic heterocycles. The van der Waals surface area contributed by atoms with Gasteiger partial charge in [-0.05, 0) is 28.7 Å². The average Bonchev–Trinajstić information content (AvgIpc) is 2.07. The molecule has 0 aromatic heterocycles. The smallest absolute Gasteiger partial charge is 0.255 e. The second-order valence-corrected chi connectivity index (χ2v) is 3.20. The lowest BCUT2D eigenvalue weighted by atomic mass is 10.2. The van der Waals surface area contributed by atoms with Crippen LogP contribution in [-0.4, -0.2) is 6.04 Å². The van der Waals surface area contributed by atoms with E-state index in [-0.39, 0.29) is 6.07 Å². The van der Waals surface area contributed by atoms with Gasteiger partial charge in [-0.1, -0.05) is 0 Å². The Labute approximate surface area is 83.9 Å². The summed E-state index contributed by atoms with van der Waals surface area (Å²) in [5, 5.41) is 0. The third-order valence-electron chi connectivity index (χ3n) is 1.31. The maximum atomic E-state index is 12.8. The van der Waals surface area contributed by atoms with Crippen LogP contribution < -0.4 is 0 Å². The maximum Gasteiger partial charge on any atom is 0.335 e. The summed E-state index contributed by atoms with van der Waals surface area (Å²) in [5.74, 6) is -4.26. The summed E-state index contributed by atoms with van der Waals surface area (Å²) in [6, 6.07) is -1.94. The highest BCUT2D eigenvalue weighted by Gasteiger charge is 2.20. The van der Waals surface area contributed by atoms with E-state index in [2.05, 4.69) is 0 Å². The van der Waals surface area contributed by atoms with Crippen molar-refractivity contribution in [3.05, 3.63) is 32.7 Å². The quantitative estimate of drug-likeness (QED) is 0.256. The highest BCUT2D eigenvalue weighted by Crippen LogP contribution is 2.22. The highest BCUT2D eigenvalue weighted by molar-refractivity contribution is 14.1. The molecule has 0 amide bonds. The van der Waals surface area contributed by atoms with E-state index in [9.17, 15) is 22.4 Å². The Kier molecular flexibility index (Phi) is 2.89. The third-order valence-corrected chi connectivity index (χ3v) is 2.26. The Hall–Kier alpha value is -0.660. The second kappa shape index (κ2) is 3.60. The van der Waals surface area contributed by atoms with Crippen LogP contribution in [0.2, 0.25) is 0 Å². The van der Waals surface area contributed by atoms with Crippen LogP contribution in [-0.2, 0) is 0 Å². The van der Waals surface area contributed by atoms with Crippen molar-refractivity contribution < 1.29 is 22.4 Å². The lowest BCUT2D eigenvalue weighted by molar-refractivity contribution is 0.0830. The van der Waals surface area contributed by atoms with Gasteiger partial charge in [0.1, 0.15) is 0 Å². The van der Waals surface area contributed by atoms with Crippen molar-refractivity contribution in [3.63, 3.8) is 0 Å². The SMILES string of the molecule is O=C(F)c1cc(F)c(F)c(I)c1F. The first kappa shape index (κ1) is 10.4. The summed E-state index contributed by atoms with van der Waals surface area (Å²) in [6.07, 6.45) is 0. The van der Waals surface area contributed by atoms with E-state index in [1.54, 1.807) is 0 Å². The summed E-state index contributed by atoms with van der Waals surface area (Å²) in [5.41, 5.74) is -1.09. The molecule has 0 atom stereocenters. The molecule has 1 rings (SSSR count). The van der Waals surface area contributed by atoms with Gasteiger partial charge in [-0.25, -0.2) is 13.2 Å². The molecule has 0 radical (unpaired) electrons. The van der Waals surface area contributed by atoms with Crippen molar-refractivity contribution >= 4 is 28.6 Å². The number of hydrogen-bond acceptors (Lipinski definition) is 1. The second-order valence-electron chi connectivity index (χ2n) is 2.12. The molecule has 1 nitrogen and oxygen atoms in total. The van der Waals surface area contributed by atoms with Crippen LogP contribution in [0, 0.1) is 21.0 Å². The summed E-state index contributed by atoms with van der Waals surface area (Å²) in [6.45, 7) is 0. The summed E-state index contributed by atoms with van der Waals surface area (Å²) < 4.78 is 49.2. The molecule has 0 saturated heterocycles.